The van der Waals surface area contributed by atoms with E-state index in [0.717, 1.165) is 19.3 Å². The van der Waals surface area contributed by atoms with Crippen molar-refractivity contribution < 1.29 is 20.1 Å². The van der Waals surface area contributed by atoms with Crippen molar-refractivity contribution in [2.75, 3.05) is 0 Å². The van der Waals surface area contributed by atoms with Crippen molar-refractivity contribution in [1.82, 2.24) is 0 Å². The second-order valence-corrected chi connectivity index (χ2v) is 3.93. The van der Waals surface area contributed by atoms with Gasteiger partial charge >= 0.3 is 5.97 Å². The summed E-state index contributed by atoms with van der Waals surface area (Å²) in [5.41, 5.74) is 0. The highest BCUT2D eigenvalue weighted by atomic mass is 16.4. The first-order valence-electron chi connectivity index (χ1n) is 5.66. The molecule has 0 heterocycles. The maximum atomic E-state index is 10.3. The molecule has 2 atom stereocenters. The molecule has 0 aliphatic rings. The lowest BCUT2D eigenvalue weighted by Gasteiger charge is -2.11. The molecule has 15 heavy (non-hydrogen) atoms. The van der Waals surface area contributed by atoms with Crippen molar-refractivity contribution in [3.05, 3.63) is 0 Å². The zero-order valence-electron chi connectivity index (χ0n) is 9.35. The number of aliphatic hydroxyl groups excluding tert-OH is 2. The van der Waals surface area contributed by atoms with Crippen LogP contribution in [0.25, 0.3) is 0 Å². The van der Waals surface area contributed by atoms with E-state index in [4.69, 9.17) is 10.2 Å². The average molecular weight is 218 g/mol. The van der Waals surface area contributed by atoms with Crippen LogP contribution >= 0.6 is 0 Å². The normalized spacial score (nSPS) is 14.9. The van der Waals surface area contributed by atoms with Gasteiger partial charge in [0.15, 0.2) is 6.10 Å². The number of rotatable bonds is 9. The van der Waals surface area contributed by atoms with E-state index in [1.165, 1.54) is 6.42 Å². The predicted octanol–water partition coefficient (Wildman–Crippen LogP) is 1.54. The third kappa shape index (κ3) is 8.39. The molecule has 0 bridgehead atoms. The van der Waals surface area contributed by atoms with Crippen LogP contribution < -0.4 is 0 Å². The number of carboxylic acids is 1. The first kappa shape index (κ1) is 14.4. The molecule has 0 fully saturated rings. The molecule has 0 spiro atoms. The molecule has 0 aromatic rings. The number of aliphatic carboxylic acids is 1. The van der Waals surface area contributed by atoms with Crippen molar-refractivity contribution in [2.45, 2.75) is 64.1 Å². The van der Waals surface area contributed by atoms with Gasteiger partial charge in [0.2, 0.25) is 0 Å². The Labute approximate surface area is 90.9 Å². The number of carboxylic acid groups (broad SMARTS) is 1. The first-order chi connectivity index (χ1) is 7.07. The summed E-state index contributed by atoms with van der Waals surface area (Å²) in [7, 11) is 0. The minimum atomic E-state index is -1.34. The Morgan fingerprint density at radius 3 is 2.27 bits per heavy atom. The third-order valence-corrected chi connectivity index (χ3v) is 2.45. The lowest BCUT2D eigenvalue weighted by atomic mass is 10.0. The minimum Gasteiger partial charge on any atom is -0.479 e. The monoisotopic (exact) mass is 218 g/mol. The fourth-order valence-corrected chi connectivity index (χ4v) is 1.42. The Kier molecular flexibility index (Phi) is 8.33. The zero-order chi connectivity index (χ0) is 11.7. The quantitative estimate of drug-likeness (QED) is 0.513. The van der Waals surface area contributed by atoms with E-state index >= 15 is 0 Å². The van der Waals surface area contributed by atoms with Gasteiger partial charge in [-0.15, -0.1) is 0 Å². The molecular formula is C11H22O4. The summed E-state index contributed by atoms with van der Waals surface area (Å²) in [5, 5.41) is 26.9. The number of hydrogen-bond acceptors (Lipinski definition) is 3. The minimum absolute atomic E-state index is 0.129. The molecule has 0 aromatic carbocycles. The van der Waals surface area contributed by atoms with E-state index < -0.39 is 18.2 Å². The number of unbranched alkanes of at least 4 members (excludes halogenated alkanes) is 3. The summed E-state index contributed by atoms with van der Waals surface area (Å²) in [6, 6.07) is 0. The fourth-order valence-electron chi connectivity index (χ4n) is 1.42. The van der Waals surface area contributed by atoms with E-state index in [0.29, 0.717) is 12.8 Å². The Hall–Kier alpha value is -0.610. The Morgan fingerprint density at radius 2 is 1.73 bits per heavy atom. The van der Waals surface area contributed by atoms with Crippen LogP contribution in [0.2, 0.25) is 0 Å². The predicted molar refractivity (Wildman–Crippen MR) is 57.6 cm³/mol. The lowest BCUT2D eigenvalue weighted by molar-refractivity contribution is -0.147. The van der Waals surface area contributed by atoms with Gasteiger partial charge in [-0.05, 0) is 19.3 Å². The van der Waals surface area contributed by atoms with Gasteiger partial charge in [0, 0.05) is 0 Å². The van der Waals surface area contributed by atoms with E-state index in [-0.39, 0.29) is 6.42 Å². The molecule has 0 aliphatic heterocycles. The highest BCUT2D eigenvalue weighted by Gasteiger charge is 2.14. The van der Waals surface area contributed by atoms with Crippen LogP contribution in [0.1, 0.15) is 51.9 Å². The number of hydrogen-bond donors (Lipinski definition) is 3. The molecule has 0 radical (unpaired) electrons. The van der Waals surface area contributed by atoms with Crippen LogP contribution in [-0.4, -0.2) is 33.5 Å². The molecule has 4 heteroatoms. The van der Waals surface area contributed by atoms with Crippen LogP contribution in [0, 0.1) is 0 Å². The summed E-state index contributed by atoms with van der Waals surface area (Å²) in [6.07, 6.45) is 3.79. The molecule has 3 N–H and O–H groups in total. The van der Waals surface area contributed by atoms with Crippen molar-refractivity contribution >= 4 is 5.97 Å². The smallest absolute Gasteiger partial charge is 0.332 e. The molecule has 0 amide bonds. The van der Waals surface area contributed by atoms with Gasteiger partial charge in [-0.2, -0.15) is 0 Å². The molecular weight excluding hydrogens is 196 g/mol. The van der Waals surface area contributed by atoms with Crippen LogP contribution in [-0.2, 0) is 4.79 Å². The van der Waals surface area contributed by atoms with Crippen LogP contribution in [0.4, 0.5) is 0 Å². The van der Waals surface area contributed by atoms with Crippen LogP contribution in [0.3, 0.4) is 0 Å². The lowest BCUT2D eigenvalue weighted by Crippen LogP contribution is -2.21. The Bertz CT molecular complexity index is 170. The number of aliphatic hydroxyl groups is 2. The second-order valence-electron chi connectivity index (χ2n) is 3.93. The van der Waals surface area contributed by atoms with Gasteiger partial charge in [0.05, 0.1) is 6.10 Å². The van der Waals surface area contributed by atoms with Gasteiger partial charge in [0.1, 0.15) is 0 Å². The molecule has 0 aliphatic carbocycles. The fraction of sp³-hybridized carbons (Fsp3) is 0.909. The zero-order valence-corrected chi connectivity index (χ0v) is 9.35. The highest BCUT2D eigenvalue weighted by molar-refractivity contribution is 5.71. The molecule has 90 valence electrons. The van der Waals surface area contributed by atoms with E-state index in [1.54, 1.807) is 0 Å². The first-order valence-corrected chi connectivity index (χ1v) is 5.66. The van der Waals surface area contributed by atoms with Crippen molar-refractivity contribution in [1.29, 1.82) is 0 Å². The largest absolute Gasteiger partial charge is 0.479 e. The summed E-state index contributed by atoms with van der Waals surface area (Å²) in [4.78, 5) is 10.3. The van der Waals surface area contributed by atoms with Gasteiger partial charge in [-0.25, -0.2) is 4.79 Å². The van der Waals surface area contributed by atoms with Crippen molar-refractivity contribution in [2.24, 2.45) is 0 Å². The molecule has 4 nitrogen and oxygen atoms in total. The van der Waals surface area contributed by atoms with E-state index in [2.05, 4.69) is 6.92 Å². The van der Waals surface area contributed by atoms with Crippen LogP contribution in [0.5, 0.6) is 0 Å². The van der Waals surface area contributed by atoms with E-state index in [9.17, 15) is 9.90 Å². The number of carbonyl (C=O) groups is 1. The average Bonchev–Trinajstić information content (AvgIpc) is 2.20. The van der Waals surface area contributed by atoms with Crippen molar-refractivity contribution in [3.63, 3.8) is 0 Å². The molecule has 0 aromatic heterocycles. The molecule has 0 saturated carbocycles. The van der Waals surface area contributed by atoms with Gasteiger partial charge in [0.25, 0.3) is 0 Å². The Balaban J connectivity index is 3.40. The summed E-state index contributed by atoms with van der Waals surface area (Å²) >= 11 is 0. The summed E-state index contributed by atoms with van der Waals surface area (Å²) in [6.45, 7) is 2.12. The SMILES string of the molecule is CCCCCCC(O)CCC(O)C(=O)O. The second kappa shape index (κ2) is 8.68. The summed E-state index contributed by atoms with van der Waals surface area (Å²) < 4.78 is 0. The van der Waals surface area contributed by atoms with Crippen LogP contribution in [0.15, 0.2) is 0 Å². The van der Waals surface area contributed by atoms with Gasteiger partial charge in [-0.1, -0.05) is 32.6 Å². The molecule has 2 unspecified atom stereocenters. The maximum Gasteiger partial charge on any atom is 0.332 e. The van der Waals surface area contributed by atoms with E-state index in [1.807, 2.05) is 0 Å². The van der Waals surface area contributed by atoms with Crippen molar-refractivity contribution in [3.8, 4) is 0 Å². The molecule has 0 rings (SSSR count). The Morgan fingerprint density at radius 1 is 1.07 bits per heavy atom. The molecule has 0 saturated heterocycles. The highest BCUT2D eigenvalue weighted by Crippen LogP contribution is 2.10. The summed E-state index contributed by atoms with van der Waals surface area (Å²) in [5.74, 6) is -1.21. The third-order valence-electron chi connectivity index (χ3n) is 2.45. The standard InChI is InChI=1S/C11H22O4/c1-2-3-4-5-6-9(12)7-8-10(13)11(14)15/h9-10,12-13H,2-8H2,1H3,(H,14,15). The van der Waals surface area contributed by atoms with Gasteiger partial charge < -0.3 is 15.3 Å². The van der Waals surface area contributed by atoms with Gasteiger partial charge in [-0.3, -0.25) is 0 Å². The topological polar surface area (TPSA) is 77.8 Å². The maximum absolute atomic E-state index is 10.3.